The van der Waals surface area contributed by atoms with Gasteiger partial charge in [0.2, 0.25) is 0 Å². The van der Waals surface area contributed by atoms with E-state index in [1.807, 2.05) is 35.2 Å². The highest BCUT2D eigenvalue weighted by molar-refractivity contribution is 6.30. The van der Waals surface area contributed by atoms with Crippen LogP contribution in [0.2, 0.25) is 5.02 Å². The minimum atomic E-state index is -0.157. The third-order valence-corrected chi connectivity index (χ3v) is 3.56. The Bertz CT molecular complexity index is 819. The van der Waals surface area contributed by atoms with E-state index in [4.69, 9.17) is 11.6 Å². The van der Waals surface area contributed by atoms with Crippen molar-refractivity contribution in [2.75, 3.05) is 18.4 Å². The molecule has 0 aliphatic carbocycles. The van der Waals surface area contributed by atoms with Crippen LogP contribution in [0.3, 0.4) is 0 Å². The molecule has 0 atom stereocenters. The summed E-state index contributed by atoms with van der Waals surface area (Å²) in [5.74, 6) is 1.32. The molecule has 3 aromatic rings. The monoisotopic (exact) mass is 341 g/mol. The van der Waals surface area contributed by atoms with Gasteiger partial charge in [0.1, 0.15) is 18.0 Å². The summed E-state index contributed by atoms with van der Waals surface area (Å²) >= 11 is 5.88. The highest BCUT2D eigenvalue weighted by atomic mass is 35.5. The second-order valence-electron chi connectivity index (χ2n) is 5.04. The minimum absolute atomic E-state index is 0.157. The lowest BCUT2D eigenvalue weighted by atomic mass is 10.2. The number of hydrogen-bond donors (Lipinski definition) is 2. The van der Waals surface area contributed by atoms with Gasteiger partial charge in [-0.05, 0) is 30.3 Å². The quantitative estimate of drug-likeness (QED) is 0.676. The summed E-state index contributed by atoms with van der Waals surface area (Å²) in [6.07, 6.45) is 5.33. The molecule has 2 aromatic heterocycles. The molecule has 6 nitrogen and oxygen atoms in total. The van der Waals surface area contributed by atoms with Gasteiger partial charge in [-0.1, -0.05) is 17.7 Å². The summed E-state index contributed by atoms with van der Waals surface area (Å²) in [5, 5.41) is 6.53. The van der Waals surface area contributed by atoms with Crippen molar-refractivity contribution in [1.82, 2.24) is 19.9 Å². The fourth-order valence-corrected chi connectivity index (χ4v) is 2.36. The van der Waals surface area contributed by atoms with Crippen LogP contribution in [0.5, 0.6) is 0 Å². The van der Waals surface area contributed by atoms with Gasteiger partial charge in [0.15, 0.2) is 0 Å². The summed E-state index contributed by atoms with van der Waals surface area (Å²) in [6.45, 7) is 1.02. The Hall–Kier alpha value is -2.86. The Morgan fingerprint density at radius 3 is 2.71 bits per heavy atom. The van der Waals surface area contributed by atoms with Crippen LogP contribution in [-0.2, 0) is 0 Å². The van der Waals surface area contributed by atoms with Crippen LogP contribution in [0.15, 0.2) is 61.2 Å². The zero-order valence-electron chi connectivity index (χ0n) is 12.8. The smallest absolute Gasteiger partial charge is 0.251 e. The number of amides is 1. The predicted molar refractivity (Wildman–Crippen MR) is 93.6 cm³/mol. The van der Waals surface area contributed by atoms with E-state index in [0.29, 0.717) is 29.5 Å². The first kappa shape index (κ1) is 16.0. The number of benzene rings is 1. The second kappa shape index (κ2) is 7.61. The zero-order chi connectivity index (χ0) is 16.8. The van der Waals surface area contributed by atoms with Crippen LogP contribution in [0.25, 0.3) is 5.82 Å². The van der Waals surface area contributed by atoms with Gasteiger partial charge in [-0.2, -0.15) is 0 Å². The van der Waals surface area contributed by atoms with Crippen molar-refractivity contribution in [2.24, 2.45) is 0 Å². The molecule has 0 aliphatic heterocycles. The highest BCUT2D eigenvalue weighted by Crippen LogP contribution is 2.10. The molecular formula is C17H16ClN5O. The number of rotatable bonds is 6. The molecule has 0 spiro atoms. The van der Waals surface area contributed by atoms with Gasteiger partial charge < -0.3 is 15.2 Å². The van der Waals surface area contributed by atoms with Crippen LogP contribution in [-0.4, -0.2) is 33.5 Å². The number of nitrogens with zero attached hydrogens (tertiary/aromatic N) is 3. The topological polar surface area (TPSA) is 71.8 Å². The van der Waals surface area contributed by atoms with Crippen molar-refractivity contribution < 1.29 is 4.79 Å². The molecule has 3 rings (SSSR count). The van der Waals surface area contributed by atoms with E-state index >= 15 is 0 Å². The number of nitrogens with one attached hydrogen (secondary N) is 2. The maximum Gasteiger partial charge on any atom is 0.251 e. The summed E-state index contributed by atoms with van der Waals surface area (Å²) < 4.78 is 1.90. The molecule has 1 amide bonds. The molecule has 0 bridgehead atoms. The Balaban J connectivity index is 1.50. The van der Waals surface area contributed by atoms with Gasteiger partial charge in [0, 0.05) is 42.1 Å². The van der Waals surface area contributed by atoms with Crippen molar-refractivity contribution in [1.29, 1.82) is 0 Å². The Kier molecular flexibility index (Phi) is 5.08. The molecule has 1 aromatic carbocycles. The van der Waals surface area contributed by atoms with E-state index in [0.717, 1.165) is 5.82 Å². The normalized spacial score (nSPS) is 10.4. The van der Waals surface area contributed by atoms with Gasteiger partial charge >= 0.3 is 0 Å². The maximum absolute atomic E-state index is 12.0. The van der Waals surface area contributed by atoms with E-state index in [-0.39, 0.29) is 5.91 Å². The second-order valence-corrected chi connectivity index (χ2v) is 5.48. The lowest BCUT2D eigenvalue weighted by Gasteiger charge is -2.09. The number of anilines is 1. The number of carbonyl (C=O) groups is 1. The van der Waals surface area contributed by atoms with Crippen molar-refractivity contribution in [2.45, 2.75) is 0 Å². The molecule has 0 unspecified atom stereocenters. The summed E-state index contributed by atoms with van der Waals surface area (Å²) in [4.78, 5) is 20.4. The van der Waals surface area contributed by atoms with Crippen LogP contribution in [0, 0.1) is 0 Å². The summed E-state index contributed by atoms with van der Waals surface area (Å²) in [6, 6.07) is 12.6. The first-order valence-electron chi connectivity index (χ1n) is 7.45. The number of hydrogen-bond acceptors (Lipinski definition) is 4. The van der Waals surface area contributed by atoms with Gasteiger partial charge in [-0.25, -0.2) is 9.97 Å². The van der Waals surface area contributed by atoms with E-state index in [9.17, 15) is 4.79 Å². The van der Waals surface area contributed by atoms with Crippen LogP contribution < -0.4 is 10.6 Å². The third-order valence-electron chi connectivity index (χ3n) is 3.33. The molecule has 2 heterocycles. The van der Waals surface area contributed by atoms with Gasteiger partial charge in [0.25, 0.3) is 5.91 Å². The molecule has 7 heteroatoms. The largest absolute Gasteiger partial charge is 0.368 e. The lowest BCUT2D eigenvalue weighted by Crippen LogP contribution is -2.28. The minimum Gasteiger partial charge on any atom is -0.368 e. The van der Waals surface area contributed by atoms with Crippen molar-refractivity contribution in [3.8, 4) is 5.82 Å². The van der Waals surface area contributed by atoms with E-state index < -0.39 is 0 Å². The SMILES string of the molecule is O=C(NCCNc1cc(-n2cccc2)ncn1)c1cccc(Cl)c1. The third kappa shape index (κ3) is 4.11. The fraction of sp³-hybridized carbons (Fsp3) is 0.118. The Morgan fingerprint density at radius 2 is 1.92 bits per heavy atom. The first-order chi connectivity index (χ1) is 11.7. The molecule has 2 N–H and O–H groups in total. The molecule has 0 aliphatic rings. The summed E-state index contributed by atoms with van der Waals surface area (Å²) in [7, 11) is 0. The van der Waals surface area contributed by atoms with E-state index in [1.54, 1.807) is 24.3 Å². The molecule has 0 saturated carbocycles. The molecule has 24 heavy (non-hydrogen) atoms. The predicted octanol–water partition coefficient (Wildman–Crippen LogP) is 2.76. The Morgan fingerprint density at radius 1 is 1.08 bits per heavy atom. The first-order valence-corrected chi connectivity index (χ1v) is 7.83. The average molecular weight is 342 g/mol. The van der Waals surface area contributed by atoms with Crippen LogP contribution in [0.1, 0.15) is 10.4 Å². The molecule has 0 fully saturated rings. The number of carbonyl (C=O) groups excluding carboxylic acids is 1. The highest BCUT2D eigenvalue weighted by Gasteiger charge is 2.05. The van der Waals surface area contributed by atoms with Crippen LogP contribution in [0.4, 0.5) is 5.82 Å². The zero-order valence-corrected chi connectivity index (χ0v) is 13.6. The van der Waals surface area contributed by atoms with E-state index in [1.165, 1.54) is 6.33 Å². The number of halogens is 1. The molecule has 0 radical (unpaired) electrons. The van der Waals surface area contributed by atoms with E-state index in [2.05, 4.69) is 20.6 Å². The van der Waals surface area contributed by atoms with Crippen LogP contribution >= 0.6 is 11.6 Å². The van der Waals surface area contributed by atoms with Crippen molar-refractivity contribution in [3.05, 3.63) is 71.8 Å². The van der Waals surface area contributed by atoms with Gasteiger partial charge in [-0.3, -0.25) is 4.79 Å². The van der Waals surface area contributed by atoms with Gasteiger partial charge in [0.05, 0.1) is 0 Å². The average Bonchev–Trinajstić information content (AvgIpc) is 3.13. The molecule has 122 valence electrons. The fourth-order valence-electron chi connectivity index (χ4n) is 2.17. The van der Waals surface area contributed by atoms with Gasteiger partial charge in [-0.15, -0.1) is 0 Å². The molecule has 0 saturated heterocycles. The van der Waals surface area contributed by atoms with Crippen molar-refractivity contribution in [3.63, 3.8) is 0 Å². The summed E-state index contributed by atoms with van der Waals surface area (Å²) in [5.41, 5.74) is 0.541. The Labute approximate surface area is 144 Å². The maximum atomic E-state index is 12.0. The van der Waals surface area contributed by atoms with Crippen molar-refractivity contribution >= 4 is 23.3 Å². The lowest BCUT2D eigenvalue weighted by molar-refractivity contribution is 0.0955. The molecular weight excluding hydrogens is 326 g/mol. The number of aromatic nitrogens is 3. The standard InChI is InChI=1S/C17H16ClN5O/c18-14-5-3-4-13(10-14)17(24)20-7-6-19-15-11-16(22-12-21-15)23-8-1-2-9-23/h1-5,8-12H,6-7H2,(H,20,24)(H,19,21,22).